The van der Waals surface area contributed by atoms with E-state index in [0.717, 1.165) is 67.1 Å². The van der Waals surface area contributed by atoms with Crippen molar-refractivity contribution in [1.29, 1.82) is 0 Å². The van der Waals surface area contributed by atoms with E-state index in [4.69, 9.17) is 9.97 Å². The zero-order chi connectivity index (χ0) is 18.4. The zero-order valence-electron chi connectivity index (χ0n) is 16.1. The van der Waals surface area contributed by atoms with Crippen LogP contribution < -0.4 is 5.32 Å². The van der Waals surface area contributed by atoms with Gasteiger partial charge in [0.2, 0.25) is 0 Å². The lowest BCUT2D eigenvalue weighted by Gasteiger charge is -2.29. The molecule has 1 saturated carbocycles. The first kappa shape index (κ1) is 16.7. The summed E-state index contributed by atoms with van der Waals surface area (Å²) in [6, 6.07) is 4.53. The molecule has 27 heavy (non-hydrogen) atoms. The van der Waals surface area contributed by atoms with Gasteiger partial charge in [-0.15, -0.1) is 0 Å². The summed E-state index contributed by atoms with van der Waals surface area (Å²) in [5, 5.41) is 3.47. The van der Waals surface area contributed by atoms with Crippen molar-refractivity contribution in [3.05, 3.63) is 41.2 Å². The molecule has 0 aromatic carbocycles. The summed E-state index contributed by atoms with van der Waals surface area (Å²) in [7, 11) is 2.00. The molecule has 3 aromatic rings. The minimum absolute atomic E-state index is 0.469. The normalized spacial score (nSPS) is 22.4. The lowest BCUT2D eigenvalue weighted by Crippen LogP contribution is -2.18. The first-order chi connectivity index (χ1) is 13.2. The maximum absolute atomic E-state index is 4.95. The molecule has 5 rings (SSSR count). The molecule has 6 heteroatoms. The lowest BCUT2D eigenvalue weighted by molar-refractivity contribution is 0.387. The van der Waals surface area contributed by atoms with Crippen LogP contribution in [0.1, 0.15) is 66.7 Å². The monoisotopic (exact) mass is 362 g/mol. The van der Waals surface area contributed by atoms with Crippen LogP contribution in [-0.4, -0.2) is 31.0 Å². The second-order valence-corrected chi connectivity index (χ2v) is 8.01. The molecule has 0 unspecified atom stereocenters. The highest BCUT2D eigenvalue weighted by Gasteiger charge is 2.28. The smallest absolute Gasteiger partial charge is 0.163 e. The van der Waals surface area contributed by atoms with Crippen molar-refractivity contribution in [2.24, 2.45) is 7.05 Å². The van der Waals surface area contributed by atoms with Gasteiger partial charge in [0.1, 0.15) is 17.2 Å². The molecule has 1 aliphatic heterocycles. The fourth-order valence-electron chi connectivity index (χ4n) is 4.66. The molecule has 0 atom stereocenters. The fourth-order valence-corrected chi connectivity index (χ4v) is 4.66. The van der Waals surface area contributed by atoms with E-state index in [2.05, 4.69) is 27.4 Å². The van der Waals surface area contributed by atoms with E-state index >= 15 is 0 Å². The molecular weight excluding hydrogens is 336 g/mol. The molecule has 1 N–H and O–H groups in total. The molecule has 0 spiro atoms. The highest BCUT2D eigenvalue weighted by atomic mass is 15.1. The first-order valence-corrected chi connectivity index (χ1v) is 10.1. The van der Waals surface area contributed by atoms with Crippen LogP contribution in [0.4, 0.5) is 5.82 Å². The van der Waals surface area contributed by atoms with Gasteiger partial charge in [-0.2, -0.15) is 0 Å². The number of pyridine rings is 1. The van der Waals surface area contributed by atoms with Gasteiger partial charge in [0.15, 0.2) is 5.65 Å². The summed E-state index contributed by atoms with van der Waals surface area (Å²) >= 11 is 0. The van der Waals surface area contributed by atoms with Crippen molar-refractivity contribution in [2.75, 3.05) is 11.9 Å². The second kappa shape index (κ2) is 6.59. The predicted molar refractivity (Wildman–Crippen MR) is 106 cm³/mol. The van der Waals surface area contributed by atoms with E-state index in [-0.39, 0.29) is 0 Å². The van der Waals surface area contributed by atoms with Gasteiger partial charge in [-0.3, -0.25) is 0 Å². The van der Waals surface area contributed by atoms with Crippen LogP contribution in [0, 0.1) is 6.92 Å². The Morgan fingerprint density at radius 2 is 1.85 bits per heavy atom. The standard InChI is InChI=1S/C21H26N6/c1-13-24-18(19-21(25-13)27(2)12-23-19)15-7-5-14(6-8-15)17-10-9-16-4-3-11-22-20(16)26-17/h9-10,12,14-15H,3-8,11H2,1-2H3,(H,22,26). The lowest BCUT2D eigenvalue weighted by atomic mass is 9.78. The van der Waals surface area contributed by atoms with Gasteiger partial charge in [0.25, 0.3) is 0 Å². The quantitative estimate of drug-likeness (QED) is 0.749. The minimum atomic E-state index is 0.469. The third-order valence-corrected chi connectivity index (χ3v) is 6.15. The summed E-state index contributed by atoms with van der Waals surface area (Å²) in [5.41, 5.74) is 5.68. The number of nitrogens with one attached hydrogen (secondary N) is 1. The van der Waals surface area contributed by atoms with Gasteiger partial charge in [0, 0.05) is 31.1 Å². The number of aromatic nitrogens is 5. The van der Waals surface area contributed by atoms with Crippen LogP contribution >= 0.6 is 0 Å². The average Bonchev–Trinajstić information content (AvgIpc) is 3.08. The molecule has 6 nitrogen and oxygen atoms in total. The topological polar surface area (TPSA) is 68.5 Å². The number of hydrogen-bond acceptors (Lipinski definition) is 5. The SMILES string of the molecule is Cc1nc(C2CCC(c3ccc4c(n3)NCCC4)CC2)c2ncn(C)c2n1. The number of imidazole rings is 1. The molecule has 4 heterocycles. The Hall–Kier alpha value is -2.50. The molecule has 0 bridgehead atoms. The Kier molecular flexibility index (Phi) is 4.06. The molecule has 2 aliphatic rings. The number of hydrogen-bond donors (Lipinski definition) is 1. The summed E-state index contributed by atoms with van der Waals surface area (Å²) in [6.45, 7) is 3.02. The van der Waals surface area contributed by atoms with Gasteiger partial charge < -0.3 is 9.88 Å². The average molecular weight is 362 g/mol. The van der Waals surface area contributed by atoms with E-state index in [9.17, 15) is 0 Å². The summed E-state index contributed by atoms with van der Waals surface area (Å²) < 4.78 is 1.99. The van der Waals surface area contributed by atoms with Crippen molar-refractivity contribution >= 4 is 17.0 Å². The second-order valence-electron chi connectivity index (χ2n) is 8.01. The fraction of sp³-hybridized carbons (Fsp3) is 0.524. The van der Waals surface area contributed by atoms with Gasteiger partial charge in [-0.1, -0.05) is 6.07 Å². The molecular formula is C21H26N6. The molecule has 3 aromatic heterocycles. The molecule has 0 radical (unpaired) electrons. The number of rotatable bonds is 2. The number of nitrogens with zero attached hydrogens (tertiary/aromatic N) is 5. The third kappa shape index (κ3) is 2.97. The predicted octanol–water partition coefficient (Wildman–Crippen LogP) is 3.87. The van der Waals surface area contributed by atoms with E-state index in [1.54, 1.807) is 0 Å². The molecule has 0 saturated heterocycles. The zero-order valence-corrected chi connectivity index (χ0v) is 16.1. The van der Waals surface area contributed by atoms with Gasteiger partial charge >= 0.3 is 0 Å². The van der Waals surface area contributed by atoms with Crippen LogP contribution in [-0.2, 0) is 13.5 Å². The van der Waals surface area contributed by atoms with Crippen LogP contribution in [0.15, 0.2) is 18.5 Å². The maximum Gasteiger partial charge on any atom is 0.163 e. The van der Waals surface area contributed by atoms with Crippen LogP contribution in [0.3, 0.4) is 0 Å². The molecule has 0 amide bonds. The first-order valence-electron chi connectivity index (χ1n) is 10.1. The summed E-state index contributed by atoms with van der Waals surface area (Å²) in [4.78, 5) is 18.9. The van der Waals surface area contributed by atoms with Crippen molar-refractivity contribution < 1.29 is 0 Å². The van der Waals surface area contributed by atoms with Crippen LogP contribution in [0.25, 0.3) is 11.2 Å². The van der Waals surface area contributed by atoms with Crippen molar-refractivity contribution in [1.82, 2.24) is 24.5 Å². The van der Waals surface area contributed by atoms with E-state index < -0.39 is 0 Å². The number of fused-ring (bicyclic) bond motifs is 2. The number of aryl methyl sites for hydroxylation is 3. The van der Waals surface area contributed by atoms with Crippen LogP contribution in [0.2, 0.25) is 0 Å². The van der Waals surface area contributed by atoms with Crippen molar-refractivity contribution in [2.45, 2.75) is 57.3 Å². The summed E-state index contributed by atoms with van der Waals surface area (Å²) in [6.07, 6.45) is 8.80. The minimum Gasteiger partial charge on any atom is -0.370 e. The van der Waals surface area contributed by atoms with Crippen molar-refractivity contribution in [3.8, 4) is 0 Å². The summed E-state index contributed by atoms with van der Waals surface area (Å²) in [5.74, 6) is 2.97. The van der Waals surface area contributed by atoms with Crippen LogP contribution in [0.5, 0.6) is 0 Å². The van der Waals surface area contributed by atoms with Crippen molar-refractivity contribution in [3.63, 3.8) is 0 Å². The van der Waals surface area contributed by atoms with E-state index in [1.165, 1.54) is 17.7 Å². The van der Waals surface area contributed by atoms with E-state index in [0.29, 0.717) is 11.8 Å². The Morgan fingerprint density at radius 3 is 2.70 bits per heavy atom. The van der Waals surface area contributed by atoms with Gasteiger partial charge in [-0.05, 0) is 57.1 Å². The van der Waals surface area contributed by atoms with Gasteiger partial charge in [0.05, 0.1) is 12.0 Å². The molecule has 140 valence electrons. The Labute approximate surface area is 159 Å². The largest absolute Gasteiger partial charge is 0.370 e. The van der Waals surface area contributed by atoms with Gasteiger partial charge in [-0.25, -0.2) is 19.9 Å². The highest BCUT2D eigenvalue weighted by Crippen LogP contribution is 2.41. The third-order valence-electron chi connectivity index (χ3n) is 6.15. The Morgan fingerprint density at radius 1 is 1.04 bits per heavy atom. The Balaban J connectivity index is 1.36. The number of anilines is 1. The Bertz CT molecular complexity index is 984. The maximum atomic E-state index is 4.95. The van der Waals surface area contributed by atoms with E-state index in [1.807, 2.05) is 24.9 Å². The highest BCUT2D eigenvalue weighted by molar-refractivity contribution is 5.74. The molecule has 1 fully saturated rings. The molecule has 1 aliphatic carbocycles.